The Morgan fingerprint density at radius 1 is 1.31 bits per heavy atom. The van der Waals surface area contributed by atoms with Crippen molar-refractivity contribution in [1.82, 2.24) is 20.0 Å². The van der Waals surface area contributed by atoms with E-state index in [1.165, 1.54) is 12.1 Å². The summed E-state index contributed by atoms with van der Waals surface area (Å²) in [5, 5.41) is 9.34. The molecular weight excluding hydrogens is 231 g/mol. The Labute approximate surface area is 94.6 Å². The van der Waals surface area contributed by atoms with Crippen molar-refractivity contribution < 1.29 is 4.39 Å². The van der Waals surface area contributed by atoms with Gasteiger partial charge in [0.15, 0.2) is 0 Å². The van der Waals surface area contributed by atoms with E-state index in [1.54, 1.807) is 17.8 Å². The van der Waals surface area contributed by atoms with Crippen molar-refractivity contribution in [3.63, 3.8) is 0 Å². The lowest BCUT2D eigenvalue weighted by Crippen LogP contribution is -1.92. The summed E-state index contributed by atoms with van der Waals surface area (Å²) in [6.45, 7) is 0. The van der Waals surface area contributed by atoms with E-state index >= 15 is 0 Å². The van der Waals surface area contributed by atoms with E-state index in [0.29, 0.717) is 11.0 Å². The van der Waals surface area contributed by atoms with Gasteiger partial charge in [-0.2, -0.15) is 0 Å². The number of hydrogen-bond donors (Lipinski definition) is 0. The van der Waals surface area contributed by atoms with Gasteiger partial charge < -0.3 is 0 Å². The second kappa shape index (κ2) is 3.12. The molecule has 0 aliphatic heterocycles. The molecule has 2 aromatic heterocycles. The van der Waals surface area contributed by atoms with Crippen molar-refractivity contribution in [2.75, 3.05) is 0 Å². The minimum atomic E-state index is -0.342. The number of nitrogens with zero attached hydrogens (tertiary/aromatic N) is 4. The SMILES string of the molecule is Cn1nnc2nc(Cl)c3cc(F)ccc3c21. The van der Waals surface area contributed by atoms with Gasteiger partial charge >= 0.3 is 0 Å². The molecule has 16 heavy (non-hydrogen) atoms. The van der Waals surface area contributed by atoms with Gasteiger partial charge in [0.1, 0.15) is 16.5 Å². The maximum atomic E-state index is 13.1. The first kappa shape index (κ1) is 9.47. The fraction of sp³-hybridized carbons (Fsp3) is 0.100. The van der Waals surface area contributed by atoms with Gasteiger partial charge in [-0.05, 0) is 18.2 Å². The first-order chi connectivity index (χ1) is 7.66. The number of fused-ring (bicyclic) bond motifs is 3. The van der Waals surface area contributed by atoms with Crippen molar-refractivity contribution in [3.8, 4) is 0 Å². The van der Waals surface area contributed by atoms with Gasteiger partial charge in [0.2, 0.25) is 5.65 Å². The Morgan fingerprint density at radius 3 is 2.94 bits per heavy atom. The van der Waals surface area contributed by atoms with Crippen LogP contribution < -0.4 is 0 Å². The van der Waals surface area contributed by atoms with Crippen molar-refractivity contribution in [2.24, 2.45) is 7.05 Å². The van der Waals surface area contributed by atoms with Crippen LogP contribution in [0.15, 0.2) is 18.2 Å². The molecule has 0 saturated carbocycles. The summed E-state index contributed by atoms with van der Waals surface area (Å²) in [7, 11) is 1.76. The summed E-state index contributed by atoms with van der Waals surface area (Å²) >= 11 is 5.96. The van der Waals surface area contributed by atoms with Crippen LogP contribution in [0.25, 0.3) is 21.9 Å². The van der Waals surface area contributed by atoms with Crippen LogP contribution in [-0.4, -0.2) is 20.0 Å². The van der Waals surface area contributed by atoms with Crippen LogP contribution in [0.3, 0.4) is 0 Å². The van der Waals surface area contributed by atoms with E-state index in [4.69, 9.17) is 11.6 Å². The number of rotatable bonds is 0. The molecule has 0 fully saturated rings. The zero-order chi connectivity index (χ0) is 11.3. The molecule has 3 aromatic rings. The van der Waals surface area contributed by atoms with Gasteiger partial charge in [-0.25, -0.2) is 14.1 Å². The van der Waals surface area contributed by atoms with E-state index in [0.717, 1.165) is 10.9 Å². The fourth-order valence-electron chi connectivity index (χ4n) is 1.76. The molecular formula is C10H6ClFN4. The maximum absolute atomic E-state index is 13.1. The highest BCUT2D eigenvalue weighted by Gasteiger charge is 2.12. The molecule has 0 spiro atoms. The highest BCUT2D eigenvalue weighted by atomic mass is 35.5. The van der Waals surface area contributed by atoms with Gasteiger partial charge in [-0.1, -0.05) is 16.8 Å². The monoisotopic (exact) mass is 236 g/mol. The molecule has 0 amide bonds. The van der Waals surface area contributed by atoms with E-state index in [-0.39, 0.29) is 11.0 Å². The van der Waals surface area contributed by atoms with Crippen molar-refractivity contribution in [1.29, 1.82) is 0 Å². The quantitative estimate of drug-likeness (QED) is 0.563. The first-order valence-electron chi connectivity index (χ1n) is 4.61. The van der Waals surface area contributed by atoms with Crippen molar-refractivity contribution >= 4 is 33.5 Å². The third-order valence-electron chi connectivity index (χ3n) is 2.47. The van der Waals surface area contributed by atoms with E-state index in [2.05, 4.69) is 15.3 Å². The minimum absolute atomic E-state index is 0.238. The number of halogens is 2. The molecule has 0 unspecified atom stereocenters. The van der Waals surface area contributed by atoms with Gasteiger partial charge in [0, 0.05) is 17.8 Å². The largest absolute Gasteiger partial charge is 0.245 e. The molecule has 0 radical (unpaired) electrons. The van der Waals surface area contributed by atoms with E-state index in [1.807, 2.05) is 0 Å². The van der Waals surface area contributed by atoms with Gasteiger partial charge in [0.25, 0.3) is 0 Å². The Morgan fingerprint density at radius 2 is 2.12 bits per heavy atom. The second-order valence-electron chi connectivity index (χ2n) is 3.48. The lowest BCUT2D eigenvalue weighted by molar-refractivity contribution is 0.629. The average Bonchev–Trinajstić information content (AvgIpc) is 2.61. The highest BCUT2D eigenvalue weighted by Crippen LogP contribution is 2.28. The molecule has 0 bridgehead atoms. The third-order valence-corrected chi connectivity index (χ3v) is 2.76. The molecule has 2 heterocycles. The third kappa shape index (κ3) is 1.18. The fourth-order valence-corrected chi connectivity index (χ4v) is 2.00. The van der Waals surface area contributed by atoms with Gasteiger partial charge in [-0.3, -0.25) is 0 Å². The summed E-state index contributed by atoms with van der Waals surface area (Å²) in [6, 6.07) is 4.39. The molecule has 80 valence electrons. The summed E-state index contributed by atoms with van der Waals surface area (Å²) in [6.07, 6.45) is 0. The molecule has 6 heteroatoms. The molecule has 0 aliphatic rings. The summed E-state index contributed by atoms with van der Waals surface area (Å²) in [5.74, 6) is -0.342. The molecule has 0 saturated heterocycles. The number of hydrogen-bond acceptors (Lipinski definition) is 3. The van der Waals surface area contributed by atoms with Crippen LogP contribution in [0.1, 0.15) is 0 Å². The molecule has 0 aliphatic carbocycles. The molecule has 1 aromatic carbocycles. The number of aryl methyl sites for hydroxylation is 1. The highest BCUT2D eigenvalue weighted by molar-refractivity contribution is 6.35. The Balaban J connectivity index is 2.62. The van der Waals surface area contributed by atoms with Crippen molar-refractivity contribution in [3.05, 3.63) is 29.2 Å². The molecule has 0 atom stereocenters. The molecule has 0 N–H and O–H groups in total. The van der Waals surface area contributed by atoms with Crippen LogP contribution in [0.5, 0.6) is 0 Å². The second-order valence-corrected chi connectivity index (χ2v) is 3.84. The number of aromatic nitrogens is 4. The van der Waals surface area contributed by atoms with Crippen LogP contribution in [0.2, 0.25) is 5.15 Å². The van der Waals surface area contributed by atoms with E-state index in [9.17, 15) is 4.39 Å². The Bertz CT molecular complexity index is 707. The zero-order valence-corrected chi connectivity index (χ0v) is 9.03. The Hall–Kier alpha value is -1.75. The normalized spacial score (nSPS) is 11.4. The number of benzene rings is 1. The summed E-state index contributed by atoms with van der Waals surface area (Å²) in [5.41, 5.74) is 1.21. The van der Waals surface area contributed by atoms with Gasteiger partial charge in [0.05, 0.1) is 0 Å². The van der Waals surface area contributed by atoms with Crippen molar-refractivity contribution in [2.45, 2.75) is 0 Å². The molecule has 3 rings (SSSR count). The average molecular weight is 237 g/mol. The lowest BCUT2D eigenvalue weighted by atomic mass is 10.1. The predicted octanol–water partition coefficient (Wildman–Crippen LogP) is 2.31. The smallest absolute Gasteiger partial charge is 0.203 e. The standard InChI is InChI=1S/C10H6ClFN4/c1-16-8-6-3-2-5(12)4-7(6)9(11)13-10(8)14-15-16/h2-4H,1H3. The number of pyridine rings is 1. The maximum Gasteiger partial charge on any atom is 0.203 e. The van der Waals surface area contributed by atoms with Crippen LogP contribution >= 0.6 is 11.6 Å². The van der Waals surface area contributed by atoms with Gasteiger partial charge in [-0.15, -0.1) is 5.10 Å². The topological polar surface area (TPSA) is 43.6 Å². The Kier molecular flexibility index (Phi) is 1.85. The predicted molar refractivity (Wildman–Crippen MR) is 58.8 cm³/mol. The summed E-state index contributed by atoms with van der Waals surface area (Å²) < 4.78 is 14.7. The van der Waals surface area contributed by atoms with E-state index < -0.39 is 0 Å². The van der Waals surface area contributed by atoms with Crippen LogP contribution in [0, 0.1) is 5.82 Å². The first-order valence-corrected chi connectivity index (χ1v) is 4.99. The summed E-state index contributed by atoms with van der Waals surface area (Å²) in [4.78, 5) is 4.07. The van der Waals surface area contributed by atoms with Crippen LogP contribution in [-0.2, 0) is 7.05 Å². The van der Waals surface area contributed by atoms with Crippen LogP contribution in [0.4, 0.5) is 4.39 Å². The zero-order valence-electron chi connectivity index (χ0n) is 8.28. The molecule has 4 nitrogen and oxygen atoms in total. The minimum Gasteiger partial charge on any atom is -0.245 e. The lowest BCUT2D eigenvalue weighted by Gasteiger charge is -2.02.